The first kappa shape index (κ1) is 18.9. The van der Waals surface area contributed by atoms with Crippen molar-refractivity contribution in [3.63, 3.8) is 0 Å². The lowest BCUT2D eigenvalue weighted by molar-refractivity contribution is 0.662. The smallest absolute Gasteiger partial charge is 0.308 e. The lowest BCUT2D eigenvalue weighted by atomic mass is 10.2. The Hall–Kier alpha value is -1.83. The van der Waals surface area contributed by atoms with E-state index >= 15 is 0 Å². The molecule has 0 fully saturated rings. The SMILES string of the molecule is C/C(Cl)=C/Cn1c(=O)c2c(nc(Br)n2Cc2ccc(Cl)cc2)n(C)c1=O. The average molecular weight is 458 g/mol. The van der Waals surface area contributed by atoms with Gasteiger partial charge in [0.15, 0.2) is 15.9 Å². The van der Waals surface area contributed by atoms with E-state index in [0.29, 0.717) is 32.5 Å². The van der Waals surface area contributed by atoms with Gasteiger partial charge in [0.05, 0.1) is 13.1 Å². The number of fused-ring (bicyclic) bond motifs is 1. The molecule has 3 rings (SSSR count). The van der Waals surface area contributed by atoms with Gasteiger partial charge >= 0.3 is 5.69 Å². The average Bonchev–Trinajstić information content (AvgIpc) is 2.91. The van der Waals surface area contributed by atoms with Crippen LogP contribution in [0.25, 0.3) is 11.2 Å². The molecule has 0 atom stereocenters. The Morgan fingerprint density at radius 3 is 2.50 bits per heavy atom. The number of imidazole rings is 1. The molecule has 0 spiro atoms. The second kappa shape index (κ2) is 7.42. The Kier molecular flexibility index (Phi) is 5.41. The van der Waals surface area contributed by atoms with Crippen molar-refractivity contribution in [1.29, 1.82) is 0 Å². The van der Waals surface area contributed by atoms with Gasteiger partial charge < -0.3 is 4.57 Å². The Labute approximate surface area is 167 Å². The second-order valence-electron chi connectivity index (χ2n) is 5.81. The molecule has 3 aromatic rings. The maximum absolute atomic E-state index is 13.0. The zero-order chi connectivity index (χ0) is 19.0. The standard InChI is InChI=1S/C17H15BrCl2N4O2/c1-10(19)7-8-23-15(25)13-14(22(2)17(23)26)21-16(18)24(13)9-11-3-5-12(20)6-4-11/h3-7H,8-9H2,1-2H3/b10-7-. The van der Waals surface area contributed by atoms with E-state index < -0.39 is 11.2 Å². The summed E-state index contributed by atoms with van der Waals surface area (Å²) in [7, 11) is 1.59. The van der Waals surface area contributed by atoms with Crippen molar-refractivity contribution < 1.29 is 0 Å². The third kappa shape index (κ3) is 3.51. The van der Waals surface area contributed by atoms with E-state index in [-0.39, 0.29) is 6.54 Å². The van der Waals surface area contributed by atoms with E-state index in [1.165, 1.54) is 4.57 Å². The number of aryl methyl sites for hydroxylation is 1. The summed E-state index contributed by atoms with van der Waals surface area (Å²) in [6.07, 6.45) is 1.62. The van der Waals surface area contributed by atoms with Crippen molar-refractivity contribution in [1.82, 2.24) is 18.7 Å². The highest BCUT2D eigenvalue weighted by Gasteiger charge is 2.19. The molecule has 0 amide bonds. The first-order chi connectivity index (χ1) is 12.3. The van der Waals surface area contributed by atoms with E-state index in [2.05, 4.69) is 20.9 Å². The Balaban J connectivity index is 2.22. The van der Waals surface area contributed by atoms with Crippen molar-refractivity contribution in [2.75, 3.05) is 0 Å². The molecule has 0 aliphatic heterocycles. The largest absolute Gasteiger partial charge is 0.332 e. The zero-order valence-corrected chi connectivity index (χ0v) is 17.1. The summed E-state index contributed by atoms with van der Waals surface area (Å²) >= 11 is 15.2. The summed E-state index contributed by atoms with van der Waals surface area (Å²) in [5.41, 5.74) is 0.758. The van der Waals surface area contributed by atoms with Gasteiger partial charge in [0.25, 0.3) is 5.56 Å². The predicted molar refractivity (Wildman–Crippen MR) is 107 cm³/mol. The van der Waals surface area contributed by atoms with Crippen LogP contribution in [-0.4, -0.2) is 18.7 Å². The van der Waals surface area contributed by atoms with E-state index in [4.69, 9.17) is 23.2 Å². The van der Waals surface area contributed by atoms with Gasteiger partial charge in [-0.1, -0.05) is 41.4 Å². The Morgan fingerprint density at radius 1 is 1.23 bits per heavy atom. The number of benzene rings is 1. The van der Waals surface area contributed by atoms with E-state index in [9.17, 15) is 9.59 Å². The highest BCUT2D eigenvalue weighted by atomic mass is 79.9. The van der Waals surface area contributed by atoms with Gasteiger partial charge in [-0.3, -0.25) is 13.9 Å². The normalized spacial score (nSPS) is 12.1. The van der Waals surface area contributed by atoms with Crippen molar-refractivity contribution in [2.45, 2.75) is 20.0 Å². The molecular formula is C17H15BrCl2N4O2. The second-order valence-corrected chi connectivity index (χ2v) is 7.56. The first-order valence-corrected chi connectivity index (χ1v) is 9.26. The minimum absolute atomic E-state index is 0.0977. The molecule has 6 nitrogen and oxygen atoms in total. The molecule has 0 saturated heterocycles. The van der Waals surface area contributed by atoms with Gasteiger partial charge in [-0.15, -0.1) is 0 Å². The molecule has 0 bridgehead atoms. The molecule has 26 heavy (non-hydrogen) atoms. The lowest BCUT2D eigenvalue weighted by Gasteiger charge is -2.09. The zero-order valence-electron chi connectivity index (χ0n) is 14.0. The van der Waals surface area contributed by atoms with Crippen molar-refractivity contribution in [3.05, 3.63) is 71.5 Å². The number of rotatable bonds is 4. The molecule has 0 aliphatic carbocycles. The maximum atomic E-state index is 13.0. The minimum Gasteiger partial charge on any atom is -0.308 e. The number of halogens is 3. The monoisotopic (exact) mass is 456 g/mol. The van der Waals surface area contributed by atoms with Crippen molar-refractivity contribution in [2.24, 2.45) is 7.05 Å². The molecule has 2 heterocycles. The first-order valence-electron chi connectivity index (χ1n) is 7.72. The molecule has 0 radical (unpaired) electrons. The van der Waals surface area contributed by atoms with Crippen LogP contribution >= 0.6 is 39.1 Å². The van der Waals surface area contributed by atoms with Crippen LogP contribution in [0.3, 0.4) is 0 Å². The fourth-order valence-corrected chi connectivity index (χ4v) is 3.31. The van der Waals surface area contributed by atoms with Crippen LogP contribution in [0.5, 0.6) is 0 Å². The van der Waals surface area contributed by atoms with E-state index in [1.807, 2.05) is 12.1 Å². The molecule has 0 saturated carbocycles. The molecule has 136 valence electrons. The fourth-order valence-electron chi connectivity index (χ4n) is 2.64. The molecule has 0 N–H and O–H groups in total. The van der Waals surface area contributed by atoms with Crippen LogP contribution in [-0.2, 0) is 20.1 Å². The van der Waals surface area contributed by atoms with Crippen LogP contribution < -0.4 is 11.2 Å². The summed E-state index contributed by atoms with van der Waals surface area (Å²) in [6, 6.07) is 7.32. The quantitative estimate of drug-likeness (QED) is 0.563. The fraction of sp³-hybridized carbons (Fsp3) is 0.235. The highest BCUT2D eigenvalue weighted by molar-refractivity contribution is 9.10. The number of aromatic nitrogens is 4. The van der Waals surface area contributed by atoms with Gasteiger partial charge in [-0.05, 0) is 40.5 Å². The van der Waals surface area contributed by atoms with Crippen LogP contribution in [0.2, 0.25) is 5.02 Å². The van der Waals surface area contributed by atoms with Crippen LogP contribution in [0.4, 0.5) is 0 Å². The molecule has 0 unspecified atom stereocenters. The number of allylic oxidation sites excluding steroid dienone is 2. The summed E-state index contributed by atoms with van der Waals surface area (Å²) in [5, 5.41) is 1.14. The van der Waals surface area contributed by atoms with Gasteiger partial charge in [0, 0.05) is 17.1 Å². The summed E-state index contributed by atoms with van der Waals surface area (Å²) in [4.78, 5) is 29.8. The van der Waals surface area contributed by atoms with Crippen LogP contribution in [0.1, 0.15) is 12.5 Å². The molecule has 9 heteroatoms. The molecule has 1 aromatic carbocycles. The van der Waals surface area contributed by atoms with Gasteiger partial charge in [-0.2, -0.15) is 0 Å². The van der Waals surface area contributed by atoms with Crippen molar-refractivity contribution >= 4 is 50.3 Å². The maximum Gasteiger partial charge on any atom is 0.332 e. The predicted octanol–water partition coefficient (Wildman–Crippen LogP) is 3.50. The number of nitrogens with zero attached hydrogens (tertiary/aromatic N) is 4. The van der Waals surface area contributed by atoms with Gasteiger partial charge in [0.2, 0.25) is 0 Å². The molecule has 2 aromatic heterocycles. The van der Waals surface area contributed by atoms with Gasteiger partial charge in [-0.25, -0.2) is 9.78 Å². The van der Waals surface area contributed by atoms with Crippen LogP contribution in [0.15, 0.2) is 49.7 Å². The number of hydrogen-bond donors (Lipinski definition) is 0. The van der Waals surface area contributed by atoms with E-state index in [1.54, 1.807) is 36.7 Å². The summed E-state index contributed by atoms with van der Waals surface area (Å²) < 4.78 is 4.70. The Bertz CT molecular complexity index is 1120. The topological polar surface area (TPSA) is 61.8 Å². The third-order valence-electron chi connectivity index (χ3n) is 3.99. The third-order valence-corrected chi connectivity index (χ3v) is 5.01. The molecule has 0 aliphatic rings. The Morgan fingerprint density at radius 2 is 1.88 bits per heavy atom. The lowest BCUT2D eigenvalue weighted by Crippen LogP contribution is -2.39. The molecular weight excluding hydrogens is 443 g/mol. The van der Waals surface area contributed by atoms with E-state index in [0.717, 1.165) is 10.1 Å². The minimum atomic E-state index is -0.444. The van der Waals surface area contributed by atoms with Crippen LogP contribution in [0, 0.1) is 0 Å². The highest BCUT2D eigenvalue weighted by Crippen LogP contribution is 2.19. The van der Waals surface area contributed by atoms with Gasteiger partial charge in [0.1, 0.15) is 0 Å². The van der Waals surface area contributed by atoms with Crippen molar-refractivity contribution in [3.8, 4) is 0 Å². The number of hydrogen-bond acceptors (Lipinski definition) is 3. The summed E-state index contributed by atoms with van der Waals surface area (Å²) in [5.74, 6) is 0. The summed E-state index contributed by atoms with van der Waals surface area (Å²) in [6.45, 7) is 2.20.